The maximum absolute atomic E-state index is 12.2. The Kier molecular flexibility index (Phi) is 3.77. The van der Waals surface area contributed by atoms with Gasteiger partial charge in [-0.15, -0.1) is 5.10 Å². The van der Waals surface area contributed by atoms with Gasteiger partial charge < -0.3 is 9.88 Å². The quantitative estimate of drug-likeness (QED) is 0.598. The topological polar surface area (TPSA) is 82.0 Å². The van der Waals surface area contributed by atoms with Gasteiger partial charge in [0.1, 0.15) is 5.65 Å². The molecule has 0 aliphatic rings. The summed E-state index contributed by atoms with van der Waals surface area (Å²) in [6, 6.07) is 11.5. The fourth-order valence-corrected chi connectivity index (χ4v) is 2.67. The number of carbonyl (C=O) groups is 1. The first-order valence-corrected chi connectivity index (χ1v) is 7.98. The number of aryl methyl sites for hydroxylation is 1. The minimum Gasteiger partial charge on any atom is -0.349 e. The molecule has 1 N–H and O–H groups in total. The van der Waals surface area contributed by atoms with Gasteiger partial charge in [-0.1, -0.05) is 18.2 Å². The number of hydrogen-bond acceptors (Lipinski definition) is 4. The first-order valence-electron chi connectivity index (χ1n) is 7.98. The second kappa shape index (κ2) is 6.23. The lowest BCUT2D eigenvalue weighted by Gasteiger charge is -2.05. The first kappa shape index (κ1) is 15.1. The lowest BCUT2D eigenvalue weighted by atomic mass is 10.3. The Bertz CT molecular complexity index is 1010. The monoisotopic (exact) mass is 335 g/mol. The molecule has 0 fully saturated rings. The van der Waals surface area contributed by atoms with Crippen molar-refractivity contribution in [3.63, 3.8) is 0 Å². The van der Waals surface area contributed by atoms with Crippen molar-refractivity contribution in [3.05, 3.63) is 66.4 Å². The summed E-state index contributed by atoms with van der Waals surface area (Å²) < 4.78 is 3.86. The van der Waals surface area contributed by atoms with Gasteiger partial charge in [0, 0.05) is 31.5 Å². The van der Waals surface area contributed by atoms with E-state index in [1.165, 1.54) is 11.0 Å². The number of rotatable bonds is 5. The largest absolute Gasteiger partial charge is 0.349 e. The predicted octanol–water partition coefficient (Wildman–Crippen LogP) is 1.45. The van der Waals surface area contributed by atoms with Crippen LogP contribution in [0.4, 0.5) is 0 Å². The number of para-hydroxylation sites is 1. The third-order valence-electron chi connectivity index (χ3n) is 3.87. The Morgan fingerprint density at radius 1 is 1.16 bits per heavy atom. The average molecular weight is 335 g/mol. The van der Waals surface area contributed by atoms with Crippen molar-refractivity contribution < 1.29 is 4.79 Å². The van der Waals surface area contributed by atoms with Gasteiger partial charge in [-0.3, -0.25) is 4.79 Å². The standard InChI is InChI=1S/C17H17N7O/c1-13-11-16-22(9-10-23(16)20-13)8-7-18-17(25)15-12-19-24(21-15)14-5-3-2-4-6-14/h2-6,9-12H,7-8H2,1H3,(H,18,25). The molecule has 126 valence electrons. The van der Waals surface area contributed by atoms with Gasteiger partial charge >= 0.3 is 0 Å². The lowest BCUT2D eigenvalue weighted by Crippen LogP contribution is -2.27. The fourth-order valence-electron chi connectivity index (χ4n) is 2.67. The fraction of sp³-hybridized carbons (Fsp3) is 0.176. The van der Waals surface area contributed by atoms with E-state index in [0.29, 0.717) is 18.8 Å². The highest BCUT2D eigenvalue weighted by Crippen LogP contribution is 2.07. The van der Waals surface area contributed by atoms with Gasteiger partial charge in [-0.25, -0.2) is 4.52 Å². The van der Waals surface area contributed by atoms with Crippen LogP contribution in [-0.2, 0) is 6.54 Å². The molecule has 8 heteroatoms. The molecule has 3 heterocycles. The molecule has 4 rings (SSSR count). The number of benzene rings is 1. The SMILES string of the molecule is Cc1cc2n(CCNC(=O)c3cnn(-c4ccccc4)n3)ccn2n1. The Balaban J connectivity index is 1.38. The minimum atomic E-state index is -0.241. The van der Waals surface area contributed by atoms with Crippen LogP contribution in [0.3, 0.4) is 0 Å². The average Bonchev–Trinajstić information content (AvgIpc) is 3.32. The Hall–Kier alpha value is -3.42. The third kappa shape index (κ3) is 3.01. The second-order valence-corrected chi connectivity index (χ2v) is 5.69. The summed E-state index contributed by atoms with van der Waals surface area (Å²) in [6.45, 7) is 3.10. The molecule has 0 aliphatic heterocycles. The molecule has 0 saturated carbocycles. The summed E-state index contributed by atoms with van der Waals surface area (Å²) in [4.78, 5) is 13.7. The molecule has 0 saturated heterocycles. The van der Waals surface area contributed by atoms with E-state index in [1.807, 2.05) is 64.8 Å². The van der Waals surface area contributed by atoms with E-state index in [0.717, 1.165) is 17.0 Å². The highest BCUT2D eigenvalue weighted by molar-refractivity contribution is 5.91. The normalized spacial score (nSPS) is 11.1. The van der Waals surface area contributed by atoms with Crippen molar-refractivity contribution in [1.29, 1.82) is 0 Å². The number of imidazole rings is 1. The summed E-state index contributed by atoms with van der Waals surface area (Å²) in [6.07, 6.45) is 5.31. The van der Waals surface area contributed by atoms with Gasteiger partial charge in [0.05, 0.1) is 17.6 Å². The van der Waals surface area contributed by atoms with E-state index < -0.39 is 0 Å². The summed E-state index contributed by atoms with van der Waals surface area (Å²) in [5.41, 5.74) is 3.07. The van der Waals surface area contributed by atoms with E-state index >= 15 is 0 Å². The molecule has 0 radical (unpaired) electrons. The van der Waals surface area contributed by atoms with Gasteiger partial charge in [0.2, 0.25) is 0 Å². The highest BCUT2D eigenvalue weighted by Gasteiger charge is 2.11. The van der Waals surface area contributed by atoms with E-state index in [4.69, 9.17) is 0 Å². The van der Waals surface area contributed by atoms with Gasteiger partial charge in [-0.05, 0) is 19.1 Å². The molecule has 0 unspecified atom stereocenters. The van der Waals surface area contributed by atoms with Gasteiger partial charge in [0.15, 0.2) is 5.69 Å². The van der Waals surface area contributed by atoms with E-state index in [9.17, 15) is 4.79 Å². The molecule has 1 aromatic carbocycles. The van der Waals surface area contributed by atoms with E-state index in [2.05, 4.69) is 20.6 Å². The zero-order valence-electron chi connectivity index (χ0n) is 13.7. The molecule has 0 atom stereocenters. The number of amides is 1. The van der Waals surface area contributed by atoms with E-state index in [-0.39, 0.29) is 5.91 Å². The molecular weight excluding hydrogens is 318 g/mol. The zero-order chi connectivity index (χ0) is 17.2. The summed E-state index contributed by atoms with van der Waals surface area (Å²) in [7, 11) is 0. The molecule has 1 amide bonds. The minimum absolute atomic E-state index is 0.241. The number of carbonyl (C=O) groups excluding carboxylic acids is 1. The Morgan fingerprint density at radius 3 is 2.84 bits per heavy atom. The Labute approximate surface area is 143 Å². The third-order valence-corrected chi connectivity index (χ3v) is 3.87. The van der Waals surface area contributed by atoms with Crippen molar-refractivity contribution in [2.24, 2.45) is 0 Å². The molecule has 0 aliphatic carbocycles. The van der Waals surface area contributed by atoms with Crippen molar-refractivity contribution in [2.75, 3.05) is 6.54 Å². The van der Waals surface area contributed by atoms with Crippen molar-refractivity contribution >= 4 is 11.6 Å². The van der Waals surface area contributed by atoms with Crippen LogP contribution in [0.25, 0.3) is 11.3 Å². The number of aromatic nitrogens is 6. The highest BCUT2D eigenvalue weighted by atomic mass is 16.2. The van der Waals surface area contributed by atoms with Crippen LogP contribution < -0.4 is 5.32 Å². The first-order chi connectivity index (χ1) is 12.2. The van der Waals surface area contributed by atoms with Crippen LogP contribution in [-0.4, -0.2) is 41.6 Å². The van der Waals surface area contributed by atoms with Crippen LogP contribution in [0.15, 0.2) is 55.0 Å². The van der Waals surface area contributed by atoms with Crippen LogP contribution in [0, 0.1) is 6.92 Å². The molecule has 4 aromatic rings. The summed E-state index contributed by atoms with van der Waals surface area (Å²) >= 11 is 0. The second-order valence-electron chi connectivity index (χ2n) is 5.69. The summed E-state index contributed by atoms with van der Waals surface area (Å²) in [5.74, 6) is -0.241. The lowest BCUT2D eigenvalue weighted by molar-refractivity contribution is 0.0947. The Morgan fingerprint density at radius 2 is 2.00 bits per heavy atom. The van der Waals surface area contributed by atoms with E-state index in [1.54, 1.807) is 0 Å². The van der Waals surface area contributed by atoms with Gasteiger partial charge in [-0.2, -0.15) is 15.0 Å². The van der Waals surface area contributed by atoms with Crippen molar-refractivity contribution in [1.82, 2.24) is 34.5 Å². The van der Waals surface area contributed by atoms with Crippen LogP contribution in [0.5, 0.6) is 0 Å². The molecule has 0 spiro atoms. The maximum atomic E-state index is 12.2. The molecule has 8 nitrogen and oxygen atoms in total. The smallest absolute Gasteiger partial charge is 0.273 e. The van der Waals surface area contributed by atoms with Crippen molar-refractivity contribution in [3.8, 4) is 5.69 Å². The predicted molar refractivity (Wildman–Crippen MR) is 91.6 cm³/mol. The zero-order valence-corrected chi connectivity index (χ0v) is 13.7. The number of fused-ring (bicyclic) bond motifs is 1. The van der Waals surface area contributed by atoms with Crippen LogP contribution >= 0.6 is 0 Å². The summed E-state index contributed by atoms with van der Waals surface area (Å²) in [5, 5.41) is 15.6. The number of nitrogens with one attached hydrogen (secondary N) is 1. The molecule has 0 bridgehead atoms. The molecule has 25 heavy (non-hydrogen) atoms. The molecule has 3 aromatic heterocycles. The van der Waals surface area contributed by atoms with Crippen LogP contribution in [0.1, 0.15) is 16.2 Å². The van der Waals surface area contributed by atoms with Gasteiger partial charge in [0.25, 0.3) is 5.91 Å². The van der Waals surface area contributed by atoms with Crippen LogP contribution in [0.2, 0.25) is 0 Å². The number of nitrogens with zero attached hydrogens (tertiary/aromatic N) is 6. The number of hydrogen-bond donors (Lipinski definition) is 1. The van der Waals surface area contributed by atoms with Crippen molar-refractivity contribution in [2.45, 2.75) is 13.5 Å². The maximum Gasteiger partial charge on any atom is 0.273 e. The molecular formula is C17H17N7O.